The lowest BCUT2D eigenvalue weighted by molar-refractivity contribution is -0.116. The molecule has 0 radical (unpaired) electrons. The summed E-state index contributed by atoms with van der Waals surface area (Å²) in [5.41, 5.74) is 1.05. The van der Waals surface area contributed by atoms with Crippen LogP contribution in [-0.2, 0) is 22.6 Å². The van der Waals surface area contributed by atoms with Gasteiger partial charge in [0.1, 0.15) is 29.3 Å². The van der Waals surface area contributed by atoms with E-state index in [1.165, 1.54) is 13.2 Å². The fourth-order valence-corrected chi connectivity index (χ4v) is 4.62. The van der Waals surface area contributed by atoms with Gasteiger partial charge in [0.25, 0.3) is 0 Å². The first-order valence-corrected chi connectivity index (χ1v) is 11.5. The van der Waals surface area contributed by atoms with Gasteiger partial charge in [-0.3, -0.25) is 4.79 Å². The molecule has 1 aromatic carbocycles. The van der Waals surface area contributed by atoms with Gasteiger partial charge >= 0.3 is 5.97 Å². The predicted octanol–water partition coefficient (Wildman–Crippen LogP) is 3.35. The quantitative estimate of drug-likeness (QED) is 0.550. The predicted molar refractivity (Wildman–Crippen MR) is 117 cm³/mol. The zero-order valence-corrected chi connectivity index (χ0v) is 19.0. The Morgan fingerprint density at radius 3 is 3.00 bits per heavy atom. The van der Waals surface area contributed by atoms with Crippen molar-refractivity contribution in [3.8, 4) is 11.6 Å². The molecule has 1 atom stereocenters. The number of likely N-dealkylation sites (tertiary alicyclic amines) is 1. The topological polar surface area (TPSA) is 90.0 Å². The first-order chi connectivity index (χ1) is 15.9. The summed E-state index contributed by atoms with van der Waals surface area (Å²) in [4.78, 5) is 26.7. The maximum atomic E-state index is 14.4. The molecule has 3 heterocycles. The van der Waals surface area contributed by atoms with Crippen LogP contribution in [0.3, 0.4) is 0 Å². The van der Waals surface area contributed by atoms with Crippen LogP contribution in [0.2, 0.25) is 0 Å². The van der Waals surface area contributed by atoms with Crippen molar-refractivity contribution in [2.24, 2.45) is 0 Å². The minimum atomic E-state index is -0.796. The molecule has 0 bridgehead atoms. The molecule has 0 unspecified atom stereocenters. The normalized spacial score (nSPS) is 17.5. The maximum absolute atomic E-state index is 14.4. The number of esters is 1. The van der Waals surface area contributed by atoms with Gasteiger partial charge in [-0.1, -0.05) is 0 Å². The maximum Gasteiger partial charge on any atom is 0.346 e. The summed E-state index contributed by atoms with van der Waals surface area (Å²) in [5, 5.41) is 2.87. The highest BCUT2D eigenvalue weighted by atomic mass is 32.1. The Kier molecular flexibility index (Phi) is 7.39. The number of alkyl halides is 1. The number of nitrogens with zero attached hydrogens (tertiary/aromatic N) is 2. The van der Waals surface area contributed by atoms with Crippen molar-refractivity contribution < 1.29 is 32.6 Å². The van der Waals surface area contributed by atoms with Gasteiger partial charge in [-0.15, -0.1) is 0 Å². The third-order valence-corrected chi connectivity index (χ3v) is 6.37. The lowest BCUT2D eigenvalue weighted by atomic mass is 10.1. The number of hydrogen-bond acceptors (Lipinski definition) is 8. The number of hydrogen-bond donors (Lipinski definition) is 1. The lowest BCUT2D eigenvalue weighted by Crippen LogP contribution is -2.23. The van der Waals surface area contributed by atoms with E-state index < -0.39 is 18.0 Å². The molecule has 8 nitrogen and oxygen atoms in total. The first kappa shape index (κ1) is 23.4. The first-order valence-electron chi connectivity index (χ1n) is 10.8. The van der Waals surface area contributed by atoms with Gasteiger partial charge in [-0.05, 0) is 43.1 Å². The van der Waals surface area contributed by atoms with Crippen LogP contribution in [0.15, 0.2) is 12.1 Å². The van der Waals surface area contributed by atoms with Crippen LogP contribution in [0.25, 0.3) is 0 Å². The average molecular weight is 482 g/mol. The lowest BCUT2D eigenvalue weighted by Gasteiger charge is -2.13. The zero-order chi connectivity index (χ0) is 23.4. The third kappa shape index (κ3) is 5.59. The molecule has 0 saturated carbocycles. The molecule has 1 aromatic heterocycles. The zero-order valence-electron chi connectivity index (χ0n) is 18.2. The molecular weight excluding hydrogens is 456 g/mol. The van der Waals surface area contributed by atoms with Gasteiger partial charge in [-0.25, -0.2) is 13.6 Å². The van der Waals surface area contributed by atoms with E-state index in [1.54, 1.807) is 6.07 Å². The van der Waals surface area contributed by atoms with Crippen molar-refractivity contribution in [3.05, 3.63) is 34.6 Å². The number of anilines is 1. The highest BCUT2D eigenvalue weighted by Crippen LogP contribution is 2.33. The number of rotatable bonds is 9. The van der Waals surface area contributed by atoms with Crippen LogP contribution in [0.4, 0.5) is 13.8 Å². The molecule has 33 heavy (non-hydrogen) atoms. The van der Waals surface area contributed by atoms with Crippen LogP contribution in [-0.4, -0.2) is 60.7 Å². The van der Waals surface area contributed by atoms with E-state index in [2.05, 4.69) is 9.69 Å². The van der Waals surface area contributed by atoms with E-state index in [9.17, 15) is 18.4 Å². The van der Waals surface area contributed by atoms with E-state index in [-0.39, 0.29) is 40.9 Å². The molecule has 0 spiro atoms. The summed E-state index contributed by atoms with van der Waals surface area (Å²) in [5.74, 6) is -0.884. The van der Waals surface area contributed by atoms with Crippen LogP contribution in [0, 0.1) is 5.82 Å². The number of methoxy groups -OCH3 is 1. The Balaban J connectivity index is 1.38. The number of carbonyl (C=O) groups is 2. The van der Waals surface area contributed by atoms with Crippen LogP contribution in [0.5, 0.6) is 11.6 Å². The van der Waals surface area contributed by atoms with Crippen LogP contribution >= 0.6 is 11.5 Å². The summed E-state index contributed by atoms with van der Waals surface area (Å²) in [6.07, 6.45) is 1.16. The number of nitrogens with one attached hydrogen (secondary N) is 1. The van der Waals surface area contributed by atoms with E-state index in [0.717, 1.165) is 17.1 Å². The van der Waals surface area contributed by atoms with E-state index in [0.29, 0.717) is 51.3 Å². The number of fused-ring (bicyclic) bond motifs is 1. The van der Waals surface area contributed by atoms with E-state index in [1.807, 2.05) is 4.90 Å². The Labute approximate surface area is 194 Å². The number of carbonyl (C=O) groups excluding carboxylic acids is 2. The summed E-state index contributed by atoms with van der Waals surface area (Å²) < 4.78 is 47.6. The molecule has 1 N–H and O–H groups in total. The molecule has 0 aliphatic carbocycles. The Morgan fingerprint density at radius 1 is 1.39 bits per heavy atom. The molecule has 1 amide bonds. The SMILES string of the molecule is COC(=O)c1c(OCc2cc3c(cc2F)CCO3)nsc1NC(=O)CCCN1CC[C@@H](F)C1. The molecule has 2 aliphatic heterocycles. The second-order valence-corrected chi connectivity index (χ2v) is 8.73. The fraction of sp³-hybridized carbons (Fsp3) is 0.500. The molecule has 2 aromatic rings. The number of benzene rings is 1. The third-order valence-electron chi connectivity index (χ3n) is 5.62. The van der Waals surface area contributed by atoms with Crippen molar-refractivity contribution in [2.75, 3.05) is 38.7 Å². The summed E-state index contributed by atoms with van der Waals surface area (Å²) in [7, 11) is 1.21. The minimum Gasteiger partial charge on any atom is -0.493 e. The van der Waals surface area contributed by atoms with E-state index in [4.69, 9.17) is 14.2 Å². The highest BCUT2D eigenvalue weighted by molar-refractivity contribution is 7.11. The van der Waals surface area contributed by atoms with E-state index >= 15 is 0 Å². The van der Waals surface area contributed by atoms with Crippen molar-refractivity contribution >= 4 is 28.4 Å². The van der Waals surface area contributed by atoms with Gasteiger partial charge in [0.2, 0.25) is 11.8 Å². The number of aromatic nitrogens is 1. The second kappa shape index (κ2) is 10.4. The summed E-state index contributed by atoms with van der Waals surface area (Å²) >= 11 is 0.880. The van der Waals surface area contributed by atoms with Crippen LogP contribution < -0.4 is 14.8 Å². The summed E-state index contributed by atoms with van der Waals surface area (Å²) in [6.45, 7) is 2.07. The highest BCUT2D eigenvalue weighted by Gasteiger charge is 2.26. The molecule has 1 fully saturated rings. The van der Waals surface area contributed by atoms with Gasteiger partial charge in [0, 0.05) is 37.1 Å². The van der Waals surface area contributed by atoms with Crippen molar-refractivity contribution in [3.63, 3.8) is 0 Å². The molecule has 178 valence electrons. The Bertz CT molecular complexity index is 1030. The second-order valence-electron chi connectivity index (χ2n) is 7.96. The molecule has 2 aliphatic rings. The molecule has 1 saturated heterocycles. The molecule has 4 rings (SSSR count). The van der Waals surface area contributed by atoms with Gasteiger partial charge in [-0.2, -0.15) is 4.37 Å². The minimum absolute atomic E-state index is 0.0199. The van der Waals surface area contributed by atoms with Crippen molar-refractivity contribution in [2.45, 2.75) is 38.5 Å². The van der Waals surface area contributed by atoms with Gasteiger partial charge in [0.15, 0.2) is 5.56 Å². The number of amides is 1. The van der Waals surface area contributed by atoms with Crippen molar-refractivity contribution in [1.29, 1.82) is 0 Å². The number of halogens is 2. The van der Waals surface area contributed by atoms with Gasteiger partial charge < -0.3 is 24.4 Å². The van der Waals surface area contributed by atoms with Crippen molar-refractivity contribution in [1.82, 2.24) is 9.27 Å². The number of ether oxygens (including phenoxy) is 3. The average Bonchev–Trinajstić information content (AvgIpc) is 3.51. The Morgan fingerprint density at radius 2 is 2.24 bits per heavy atom. The Hall–Kier alpha value is -2.79. The smallest absolute Gasteiger partial charge is 0.346 e. The fourth-order valence-electron chi connectivity index (χ4n) is 3.88. The standard InChI is InChI=1S/C22H25F2N3O5S/c1-30-22(29)19-20(32-12-14-10-17-13(5-8-31-17)9-16(14)24)26-33-21(19)25-18(28)3-2-6-27-7-4-15(23)11-27/h9-10,15H,2-8,11-12H2,1H3,(H,25,28)/t15-/m1/s1. The summed E-state index contributed by atoms with van der Waals surface area (Å²) in [6, 6.07) is 3.00. The molecule has 11 heteroatoms. The monoisotopic (exact) mass is 481 g/mol. The largest absolute Gasteiger partial charge is 0.493 e. The van der Waals surface area contributed by atoms with Gasteiger partial charge in [0.05, 0.1) is 13.7 Å². The molecular formula is C22H25F2N3O5S. The van der Waals surface area contributed by atoms with Crippen LogP contribution in [0.1, 0.15) is 40.7 Å².